The number of aliphatic hydroxyl groups excluding tert-OH is 1. The van der Waals surface area contributed by atoms with Crippen molar-refractivity contribution in [3.63, 3.8) is 0 Å². The molecular weight excluding hydrogens is 460 g/mol. The zero-order valence-electron chi connectivity index (χ0n) is 20.0. The molecule has 1 atom stereocenters. The molecule has 1 aliphatic heterocycles. The number of nitrogens with zero attached hydrogens (tertiary/aromatic N) is 2. The standard InChI is InChI=1S/C28H26N2O4S/c1-5-17-7-12-20-22(14-17)35-28(29-20)30-24(19-10-8-18(9-11-19)15(2)3)23(26(32)27(30)33)25(31)21-13-6-16(4)34-21/h6-15,24,32H,5H2,1-4H3. The van der Waals surface area contributed by atoms with Gasteiger partial charge >= 0.3 is 0 Å². The molecule has 6 nitrogen and oxygen atoms in total. The summed E-state index contributed by atoms with van der Waals surface area (Å²) < 4.78 is 6.50. The van der Waals surface area contributed by atoms with E-state index in [0.29, 0.717) is 22.4 Å². The van der Waals surface area contributed by atoms with E-state index in [1.165, 1.54) is 21.8 Å². The van der Waals surface area contributed by atoms with E-state index in [4.69, 9.17) is 9.40 Å². The van der Waals surface area contributed by atoms with Crippen LogP contribution in [0.4, 0.5) is 5.13 Å². The Hall–Kier alpha value is -3.71. The summed E-state index contributed by atoms with van der Waals surface area (Å²) in [6.07, 6.45) is 0.889. The predicted octanol–water partition coefficient (Wildman–Crippen LogP) is 6.67. The first kappa shape index (κ1) is 23.1. The number of anilines is 1. The monoisotopic (exact) mass is 486 g/mol. The van der Waals surface area contributed by atoms with Crippen LogP contribution in [0, 0.1) is 6.92 Å². The largest absolute Gasteiger partial charge is 0.503 e. The Morgan fingerprint density at radius 2 is 1.89 bits per heavy atom. The van der Waals surface area contributed by atoms with Crippen LogP contribution in [-0.2, 0) is 11.2 Å². The fraction of sp³-hybridized carbons (Fsp3) is 0.250. The van der Waals surface area contributed by atoms with Crippen molar-refractivity contribution in [1.82, 2.24) is 4.98 Å². The number of aryl methyl sites for hydroxylation is 2. The Bertz CT molecular complexity index is 1480. The van der Waals surface area contributed by atoms with Gasteiger partial charge in [0.2, 0.25) is 5.78 Å². The van der Waals surface area contributed by atoms with Gasteiger partial charge in [0.05, 0.1) is 21.8 Å². The lowest BCUT2D eigenvalue weighted by Crippen LogP contribution is -2.31. The molecule has 4 aromatic rings. The number of fused-ring (bicyclic) bond motifs is 1. The number of aliphatic hydroxyl groups is 1. The van der Waals surface area contributed by atoms with Crippen molar-refractivity contribution >= 4 is 38.4 Å². The first-order valence-corrected chi connectivity index (χ1v) is 12.5. The number of Topliss-reactive ketones (excluding diaryl/α,β-unsaturated/α-hetero) is 1. The van der Waals surface area contributed by atoms with E-state index < -0.39 is 23.5 Å². The number of carbonyl (C=O) groups is 2. The summed E-state index contributed by atoms with van der Waals surface area (Å²) in [4.78, 5) is 33.0. The van der Waals surface area contributed by atoms with Crippen LogP contribution in [0.15, 0.2) is 70.3 Å². The molecule has 2 aromatic carbocycles. The highest BCUT2D eigenvalue weighted by molar-refractivity contribution is 7.22. The third kappa shape index (κ3) is 3.96. The second-order valence-corrected chi connectivity index (χ2v) is 10.1. The second-order valence-electron chi connectivity index (χ2n) is 9.05. The van der Waals surface area contributed by atoms with E-state index in [1.807, 2.05) is 36.4 Å². The van der Waals surface area contributed by atoms with Crippen molar-refractivity contribution in [3.8, 4) is 0 Å². The van der Waals surface area contributed by atoms with Gasteiger partial charge in [-0.05, 0) is 60.2 Å². The molecule has 1 amide bonds. The Balaban J connectivity index is 1.66. The molecule has 1 unspecified atom stereocenters. The number of amides is 1. The minimum Gasteiger partial charge on any atom is -0.503 e. The van der Waals surface area contributed by atoms with Gasteiger partial charge in [0.1, 0.15) is 5.76 Å². The lowest BCUT2D eigenvalue weighted by Gasteiger charge is -2.24. The lowest BCUT2D eigenvalue weighted by atomic mass is 9.93. The van der Waals surface area contributed by atoms with Gasteiger partial charge in [0, 0.05) is 0 Å². The van der Waals surface area contributed by atoms with Crippen LogP contribution in [0.25, 0.3) is 10.2 Å². The van der Waals surface area contributed by atoms with E-state index in [9.17, 15) is 14.7 Å². The smallest absolute Gasteiger partial charge is 0.296 e. The van der Waals surface area contributed by atoms with E-state index >= 15 is 0 Å². The summed E-state index contributed by atoms with van der Waals surface area (Å²) in [6.45, 7) is 8.03. The summed E-state index contributed by atoms with van der Waals surface area (Å²) in [7, 11) is 0. The average Bonchev–Trinajstić information content (AvgIpc) is 3.54. The molecule has 178 valence electrons. The summed E-state index contributed by atoms with van der Waals surface area (Å²) in [5, 5.41) is 11.4. The molecule has 1 N–H and O–H groups in total. The Morgan fingerprint density at radius 1 is 1.14 bits per heavy atom. The summed E-state index contributed by atoms with van der Waals surface area (Å²) >= 11 is 1.37. The van der Waals surface area contributed by atoms with Crippen molar-refractivity contribution in [2.45, 2.75) is 46.1 Å². The zero-order chi connectivity index (χ0) is 24.9. The Labute approximate surface area is 207 Å². The quantitative estimate of drug-likeness (QED) is 0.308. The van der Waals surface area contributed by atoms with Crippen LogP contribution >= 0.6 is 11.3 Å². The van der Waals surface area contributed by atoms with Gasteiger partial charge in [-0.3, -0.25) is 14.5 Å². The summed E-state index contributed by atoms with van der Waals surface area (Å²) in [5.41, 5.74) is 3.79. The van der Waals surface area contributed by atoms with Crippen molar-refractivity contribution in [2.75, 3.05) is 4.90 Å². The maximum Gasteiger partial charge on any atom is 0.296 e. The van der Waals surface area contributed by atoms with Gasteiger partial charge in [-0.1, -0.05) is 62.4 Å². The van der Waals surface area contributed by atoms with Gasteiger partial charge in [-0.15, -0.1) is 0 Å². The Morgan fingerprint density at radius 3 is 2.51 bits per heavy atom. The maximum atomic E-state index is 13.5. The first-order valence-electron chi connectivity index (χ1n) is 11.7. The van der Waals surface area contributed by atoms with Crippen molar-refractivity contribution in [1.29, 1.82) is 0 Å². The average molecular weight is 487 g/mol. The van der Waals surface area contributed by atoms with Crippen molar-refractivity contribution < 1.29 is 19.1 Å². The summed E-state index contributed by atoms with van der Waals surface area (Å²) in [6, 6.07) is 16.2. The third-order valence-electron chi connectivity index (χ3n) is 6.39. The van der Waals surface area contributed by atoms with E-state index in [-0.39, 0.29) is 11.3 Å². The lowest BCUT2D eigenvalue weighted by molar-refractivity contribution is -0.117. The zero-order valence-corrected chi connectivity index (χ0v) is 20.8. The van der Waals surface area contributed by atoms with Gasteiger partial charge in [-0.2, -0.15) is 0 Å². The molecule has 35 heavy (non-hydrogen) atoms. The fourth-order valence-electron chi connectivity index (χ4n) is 4.38. The molecule has 7 heteroatoms. The highest BCUT2D eigenvalue weighted by Crippen LogP contribution is 2.44. The first-order chi connectivity index (χ1) is 16.8. The van der Waals surface area contributed by atoms with E-state index in [1.54, 1.807) is 19.1 Å². The van der Waals surface area contributed by atoms with Gasteiger partial charge in [0.25, 0.3) is 5.91 Å². The van der Waals surface area contributed by atoms with Gasteiger partial charge < -0.3 is 9.52 Å². The highest BCUT2D eigenvalue weighted by atomic mass is 32.1. The van der Waals surface area contributed by atoms with Crippen LogP contribution in [0.5, 0.6) is 0 Å². The normalized spacial score (nSPS) is 16.2. The minimum absolute atomic E-state index is 0.00449. The van der Waals surface area contributed by atoms with Gasteiger partial charge in [-0.25, -0.2) is 4.98 Å². The number of thiazole rings is 1. The number of ketones is 1. The second kappa shape index (κ2) is 8.82. The summed E-state index contributed by atoms with van der Waals surface area (Å²) in [5.74, 6) is -0.748. The molecule has 0 spiro atoms. The highest BCUT2D eigenvalue weighted by Gasteiger charge is 2.46. The molecule has 0 aliphatic carbocycles. The number of hydrogen-bond donors (Lipinski definition) is 1. The number of rotatable bonds is 6. The molecule has 3 heterocycles. The third-order valence-corrected chi connectivity index (χ3v) is 7.41. The molecule has 2 aromatic heterocycles. The SMILES string of the molecule is CCc1ccc2nc(N3C(=O)C(O)=C(C(=O)c4ccc(C)o4)C3c3ccc(C(C)C)cc3)sc2c1. The molecule has 0 saturated carbocycles. The molecular formula is C28H26N2O4S. The number of hydrogen-bond acceptors (Lipinski definition) is 6. The number of benzene rings is 2. The van der Waals surface area contributed by atoms with Crippen LogP contribution in [0.1, 0.15) is 65.7 Å². The van der Waals surface area contributed by atoms with E-state index in [2.05, 4.69) is 26.8 Å². The Kier molecular flexibility index (Phi) is 5.81. The molecule has 0 saturated heterocycles. The van der Waals surface area contributed by atoms with Gasteiger partial charge in [0.15, 0.2) is 16.7 Å². The van der Waals surface area contributed by atoms with Crippen LogP contribution in [0.3, 0.4) is 0 Å². The van der Waals surface area contributed by atoms with Crippen LogP contribution in [-0.4, -0.2) is 21.8 Å². The number of furan rings is 1. The van der Waals surface area contributed by atoms with Crippen LogP contribution < -0.4 is 4.90 Å². The van der Waals surface area contributed by atoms with Crippen LogP contribution in [0.2, 0.25) is 0 Å². The molecule has 0 fully saturated rings. The molecule has 5 rings (SSSR count). The molecule has 0 radical (unpaired) electrons. The minimum atomic E-state index is -0.826. The number of aromatic nitrogens is 1. The number of carbonyl (C=O) groups excluding carboxylic acids is 2. The molecule has 0 bridgehead atoms. The molecule has 1 aliphatic rings. The van der Waals surface area contributed by atoms with E-state index in [0.717, 1.165) is 22.2 Å². The van der Waals surface area contributed by atoms with Crippen molar-refractivity contribution in [3.05, 3.63) is 94.1 Å². The predicted molar refractivity (Wildman–Crippen MR) is 137 cm³/mol. The topological polar surface area (TPSA) is 83.6 Å². The van der Waals surface area contributed by atoms with Crippen molar-refractivity contribution in [2.24, 2.45) is 0 Å². The maximum absolute atomic E-state index is 13.5. The fourth-order valence-corrected chi connectivity index (χ4v) is 5.44.